The van der Waals surface area contributed by atoms with Gasteiger partial charge in [0.15, 0.2) is 18.4 Å². The van der Waals surface area contributed by atoms with Gasteiger partial charge in [-0.25, -0.2) is 0 Å². The van der Waals surface area contributed by atoms with E-state index in [0.717, 1.165) is 44.9 Å². The summed E-state index contributed by atoms with van der Waals surface area (Å²) >= 11 is 0. The third-order valence-electron chi connectivity index (χ3n) is 11.3. The number of nitrogens with one attached hydrogen (secondary N) is 2. The van der Waals surface area contributed by atoms with Crippen LogP contribution in [0.25, 0.3) is 0 Å². The zero-order valence-corrected chi connectivity index (χ0v) is 36.3. The monoisotopic (exact) mass is 897 g/mol. The van der Waals surface area contributed by atoms with Crippen LogP contribution in [0.4, 0.5) is 0 Å². The first-order valence-electron chi connectivity index (χ1n) is 22.0. The van der Waals surface area contributed by atoms with Crippen molar-refractivity contribution in [2.45, 2.75) is 163 Å². The first-order valence-corrected chi connectivity index (χ1v) is 22.0. The topological polar surface area (TPSA) is 278 Å². The number of Topliss-reactive ketones (excluding diaryl/α,β-unsaturated/α-hetero) is 1. The van der Waals surface area contributed by atoms with Gasteiger partial charge in [-0.15, -0.1) is 5.92 Å². The van der Waals surface area contributed by atoms with Crippen LogP contribution in [0, 0.1) is 11.8 Å². The van der Waals surface area contributed by atoms with Gasteiger partial charge in [0.2, 0.25) is 11.8 Å². The van der Waals surface area contributed by atoms with Crippen molar-refractivity contribution in [2.75, 3.05) is 53.7 Å². The van der Waals surface area contributed by atoms with Crippen molar-refractivity contribution < 1.29 is 82.7 Å². The molecule has 0 radical (unpaired) electrons. The Labute approximate surface area is 368 Å². The molecular weight excluding hydrogens is 830 g/mol. The van der Waals surface area contributed by atoms with Crippen molar-refractivity contribution in [1.29, 1.82) is 0 Å². The second-order valence-electron chi connectivity index (χ2n) is 16.2. The number of amides is 4. The van der Waals surface area contributed by atoms with Crippen molar-refractivity contribution in [3.63, 3.8) is 0 Å². The Hall–Kier alpha value is -3.43. The number of carbonyl (C=O) groups is 5. The maximum atomic E-state index is 13.5. The zero-order chi connectivity index (χ0) is 45.7. The smallest absolute Gasteiger partial charge is 0.253 e. The fraction of sp³-hybridized carbons (Fsp3) is 0.791. The van der Waals surface area contributed by atoms with Gasteiger partial charge in [-0.1, -0.05) is 31.6 Å². The van der Waals surface area contributed by atoms with Gasteiger partial charge in [-0.2, -0.15) is 0 Å². The number of hydrogen-bond donors (Lipinski definition) is 7. The maximum absolute atomic E-state index is 13.5. The summed E-state index contributed by atoms with van der Waals surface area (Å²) in [6.45, 7) is -0.698. The van der Waals surface area contributed by atoms with Gasteiger partial charge < -0.3 is 69.3 Å². The van der Waals surface area contributed by atoms with Gasteiger partial charge in [0, 0.05) is 52.3 Å². The Bertz CT molecular complexity index is 1540. The third-order valence-corrected chi connectivity index (χ3v) is 11.3. The highest BCUT2D eigenvalue weighted by atomic mass is 16.7. The van der Waals surface area contributed by atoms with Crippen LogP contribution in [-0.4, -0.2) is 187 Å². The fourth-order valence-electron chi connectivity index (χ4n) is 7.66. The third kappa shape index (κ3) is 16.8. The lowest BCUT2D eigenvalue weighted by Crippen LogP contribution is -2.62. The minimum absolute atomic E-state index is 0.111. The summed E-state index contributed by atoms with van der Waals surface area (Å²) in [5, 5.41) is 58.6. The van der Waals surface area contributed by atoms with Crippen LogP contribution in [0.2, 0.25) is 0 Å². The van der Waals surface area contributed by atoms with E-state index < -0.39 is 86.6 Å². The first kappa shape index (κ1) is 52.2. The SMILES string of the molecule is COCC1O[C@H](OCC2O[C@H](OC)C(O)[C@@H](OCC(=O)N[C@@H](CCCCNC(=O)COC3C#CCCCCC3)C(=O)CCCCCCCN3C(=O)C=CC3=O)[C@@H]2O)C(O)[C@@H](O)[C@@H]1O. The molecule has 0 aromatic heterocycles. The van der Waals surface area contributed by atoms with Gasteiger partial charge in [-0.3, -0.25) is 28.9 Å². The average molecular weight is 898 g/mol. The number of hydrogen-bond acceptors (Lipinski definition) is 17. The second kappa shape index (κ2) is 27.8. The predicted molar refractivity (Wildman–Crippen MR) is 220 cm³/mol. The van der Waals surface area contributed by atoms with Gasteiger partial charge in [0.25, 0.3) is 11.8 Å². The molecule has 1 aliphatic carbocycles. The van der Waals surface area contributed by atoms with Crippen molar-refractivity contribution >= 4 is 29.4 Å². The maximum Gasteiger partial charge on any atom is 0.253 e. The molecule has 7 N–H and O–H groups in total. The summed E-state index contributed by atoms with van der Waals surface area (Å²) in [5.74, 6) is 4.34. The second-order valence-corrected chi connectivity index (χ2v) is 16.2. The number of ether oxygens (including phenoxy) is 7. The Morgan fingerprint density at radius 3 is 2.21 bits per heavy atom. The summed E-state index contributed by atoms with van der Waals surface area (Å²) in [4.78, 5) is 64.0. The molecule has 2 fully saturated rings. The number of nitrogens with zero attached hydrogens (tertiary/aromatic N) is 1. The molecule has 3 aliphatic heterocycles. The Morgan fingerprint density at radius 2 is 1.46 bits per heavy atom. The highest BCUT2D eigenvalue weighted by Gasteiger charge is 2.48. The lowest BCUT2D eigenvalue weighted by Gasteiger charge is -2.43. The molecule has 4 amide bonds. The number of carbonyl (C=O) groups excluding carboxylic acids is 5. The van der Waals surface area contributed by atoms with Crippen LogP contribution in [0.15, 0.2) is 12.2 Å². The van der Waals surface area contributed by atoms with E-state index in [1.54, 1.807) is 0 Å². The van der Waals surface area contributed by atoms with E-state index in [2.05, 4.69) is 22.5 Å². The lowest BCUT2D eigenvalue weighted by molar-refractivity contribution is -0.331. The molecule has 4 rings (SSSR count). The number of aliphatic hydroxyl groups excluding tert-OH is 5. The molecule has 63 heavy (non-hydrogen) atoms. The summed E-state index contributed by atoms with van der Waals surface area (Å²) in [7, 11) is 2.61. The number of unbranched alkanes of at least 4 members (excludes halogenated alkanes) is 5. The molecule has 356 valence electrons. The summed E-state index contributed by atoms with van der Waals surface area (Å²) in [6.07, 6.45) is -2.58. The van der Waals surface area contributed by atoms with Crippen LogP contribution in [0.5, 0.6) is 0 Å². The molecule has 0 aromatic rings. The van der Waals surface area contributed by atoms with E-state index in [1.165, 1.54) is 31.3 Å². The Kier molecular flexibility index (Phi) is 23.0. The fourth-order valence-corrected chi connectivity index (χ4v) is 7.66. The molecule has 20 nitrogen and oxygen atoms in total. The van der Waals surface area contributed by atoms with E-state index in [-0.39, 0.29) is 55.7 Å². The number of rotatable bonds is 27. The Morgan fingerprint density at radius 1 is 0.762 bits per heavy atom. The molecule has 0 aromatic carbocycles. The molecule has 12 atom stereocenters. The van der Waals surface area contributed by atoms with Crippen LogP contribution in [-0.2, 0) is 57.1 Å². The highest BCUT2D eigenvalue weighted by molar-refractivity contribution is 6.12. The van der Waals surface area contributed by atoms with Crippen LogP contribution in [0.1, 0.15) is 89.9 Å². The van der Waals surface area contributed by atoms with E-state index in [9.17, 15) is 49.5 Å². The van der Waals surface area contributed by atoms with E-state index in [1.807, 2.05) is 0 Å². The largest absolute Gasteiger partial charge is 0.387 e. The van der Waals surface area contributed by atoms with Gasteiger partial charge in [-0.05, 0) is 51.4 Å². The normalized spacial score (nSPS) is 30.3. The van der Waals surface area contributed by atoms with Crippen molar-refractivity contribution in [1.82, 2.24) is 15.5 Å². The molecule has 3 heterocycles. The van der Waals surface area contributed by atoms with Crippen LogP contribution >= 0.6 is 0 Å². The summed E-state index contributed by atoms with van der Waals surface area (Å²) in [5.41, 5.74) is 0. The van der Waals surface area contributed by atoms with E-state index in [4.69, 9.17) is 33.2 Å². The number of aliphatic hydroxyl groups is 5. The zero-order valence-electron chi connectivity index (χ0n) is 36.3. The molecule has 4 aliphatic rings. The number of methoxy groups -OCH3 is 2. The van der Waals surface area contributed by atoms with Crippen LogP contribution in [0.3, 0.4) is 0 Å². The van der Waals surface area contributed by atoms with Crippen molar-refractivity contribution in [2.24, 2.45) is 0 Å². The molecule has 2 saturated heterocycles. The standard InChI is InChI=1S/C43H67N3O17/c1-57-23-30-36(52)38(54)39(55)43(63-30)61-24-31-37(53)41(40(56)42(58-2)62-31)60-26-33(49)45-28(29(47)18-11-7-4-8-14-22-46-34(50)19-20-35(46)51)17-12-13-21-44-32(48)25-59-27-15-9-5-3-6-10-16-27/h19-20,27-28,30-31,36-43,52-56H,3-9,11-15,17-18,21-26H2,1-2H3,(H,44,48)(H,45,49)/t27?,28-,30?,31?,36+,37+,38-,39?,40?,41-,42-,43-/m0/s1. The molecule has 0 saturated carbocycles. The quantitative estimate of drug-likeness (QED) is 0.0293. The summed E-state index contributed by atoms with van der Waals surface area (Å²) < 4.78 is 38.5. The minimum atomic E-state index is -1.66. The van der Waals surface area contributed by atoms with Crippen molar-refractivity contribution in [3.8, 4) is 11.8 Å². The average Bonchev–Trinajstić information content (AvgIpc) is 3.57. The van der Waals surface area contributed by atoms with E-state index in [0.29, 0.717) is 45.2 Å². The first-order chi connectivity index (χ1) is 30.3. The molecule has 0 spiro atoms. The summed E-state index contributed by atoms with van der Waals surface area (Å²) in [6, 6.07) is -0.896. The van der Waals surface area contributed by atoms with Gasteiger partial charge in [0.05, 0.1) is 19.3 Å². The minimum Gasteiger partial charge on any atom is -0.387 e. The number of imide groups is 1. The van der Waals surface area contributed by atoms with E-state index >= 15 is 0 Å². The lowest BCUT2D eigenvalue weighted by atomic mass is 9.98. The molecule has 0 bridgehead atoms. The Balaban J connectivity index is 1.26. The molecule has 20 heteroatoms. The predicted octanol–water partition coefficient (Wildman–Crippen LogP) is -1.11. The highest BCUT2D eigenvalue weighted by Crippen LogP contribution is 2.27. The van der Waals surface area contributed by atoms with Gasteiger partial charge >= 0.3 is 0 Å². The van der Waals surface area contributed by atoms with Crippen LogP contribution < -0.4 is 10.6 Å². The van der Waals surface area contributed by atoms with Gasteiger partial charge in [0.1, 0.15) is 68.1 Å². The number of ketones is 1. The molecular formula is C43H67N3O17. The van der Waals surface area contributed by atoms with Crippen molar-refractivity contribution in [3.05, 3.63) is 12.2 Å². The molecule has 5 unspecified atom stereocenters.